The van der Waals surface area contributed by atoms with Crippen molar-refractivity contribution in [2.75, 3.05) is 62.7 Å². The van der Waals surface area contributed by atoms with Crippen molar-refractivity contribution < 1.29 is 23.7 Å². The molecule has 2 saturated heterocycles. The molecule has 5 heterocycles. The zero-order valence-electron chi connectivity index (χ0n) is 37.1. The number of thiophene rings is 1. The normalized spacial score (nSPS) is 20.9. The molecule has 0 spiro atoms. The smallest absolute Gasteiger partial charge is 0.162 e. The molecule has 0 saturated carbocycles. The molecule has 1 aliphatic carbocycles. The van der Waals surface area contributed by atoms with Crippen molar-refractivity contribution in [1.82, 2.24) is 19.7 Å². The van der Waals surface area contributed by atoms with E-state index in [-0.39, 0.29) is 23.6 Å². The third-order valence-electron chi connectivity index (χ3n) is 14.3. The van der Waals surface area contributed by atoms with Crippen molar-refractivity contribution in [3.05, 3.63) is 146 Å². The van der Waals surface area contributed by atoms with Crippen LogP contribution in [0.5, 0.6) is 11.5 Å². The minimum absolute atomic E-state index is 0.130. The Morgan fingerprint density at radius 2 is 1.52 bits per heavy atom. The van der Waals surface area contributed by atoms with Crippen LogP contribution in [0.1, 0.15) is 99.5 Å². The molecule has 2 N–H and O–H groups in total. The third kappa shape index (κ3) is 7.64. The Morgan fingerprint density at radius 1 is 0.812 bits per heavy atom. The summed E-state index contributed by atoms with van der Waals surface area (Å²) in [6.45, 7) is 13.9. The van der Waals surface area contributed by atoms with E-state index in [1.54, 1.807) is 36.6 Å². The number of hydrogen-bond donors (Lipinski definition) is 2. The molecule has 2 fully saturated rings. The molecule has 10 rings (SSSR count). The lowest BCUT2D eigenvalue weighted by atomic mass is 9.69. The van der Waals surface area contributed by atoms with Crippen molar-refractivity contribution in [2.24, 2.45) is 4.99 Å². The molecule has 0 radical (unpaired) electrons. The molecule has 6 aromatic rings. The number of phenolic OH excluding ortho intramolecular Hbond substituents is 1. The van der Waals surface area contributed by atoms with Gasteiger partial charge in [-0.05, 0) is 118 Å². The van der Waals surface area contributed by atoms with Crippen molar-refractivity contribution >= 4 is 28.4 Å². The van der Waals surface area contributed by atoms with Crippen LogP contribution < -0.4 is 14.5 Å². The number of aryl methyl sites for hydroxylation is 3. The van der Waals surface area contributed by atoms with Gasteiger partial charge in [-0.2, -0.15) is 0 Å². The van der Waals surface area contributed by atoms with E-state index in [0.29, 0.717) is 43.5 Å². The number of methoxy groups -OCH3 is 1. The second kappa shape index (κ2) is 16.7. The van der Waals surface area contributed by atoms with Crippen molar-refractivity contribution in [3.63, 3.8) is 0 Å². The van der Waals surface area contributed by atoms with Crippen LogP contribution in [0.2, 0.25) is 0 Å². The van der Waals surface area contributed by atoms with Crippen molar-refractivity contribution in [2.45, 2.75) is 76.9 Å². The number of halogens is 2. The first-order valence-corrected chi connectivity index (χ1v) is 23.3. The number of benzene rings is 4. The van der Waals surface area contributed by atoms with Gasteiger partial charge in [0.1, 0.15) is 40.0 Å². The Balaban J connectivity index is 0.785. The molecule has 0 unspecified atom stereocenters. The highest BCUT2D eigenvalue weighted by atomic mass is 32.1. The number of anilines is 2. The second-order valence-electron chi connectivity index (χ2n) is 18.2. The maximum atomic E-state index is 15.4. The molecule has 10 nitrogen and oxygen atoms in total. The van der Waals surface area contributed by atoms with Gasteiger partial charge >= 0.3 is 0 Å². The van der Waals surface area contributed by atoms with Crippen LogP contribution in [-0.2, 0) is 6.42 Å². The Hall–Kier alpha value is -5.63. The fourth-order valence-corrected chi connectivity index (χ4v) is 11.9. The van der Waals surface area contributed by atoms with Gasteiger partial charge in [0.15, 0.2) is 5.82 Å². The number of rotatable bonds is 8. The predicted octanol–water partition coefficient (Wildman–Crippen LogP) is 9.17. The molecule has 3 atom stereocenters. The lowest BCUT2D eigenvalue weighted by molar-refractivity contribution is -0.0173. The minimum Gasteiger partial charge on any atom is -0.508 e. The highest BCUT2D eigenvalue weighted by molar-refractivity contribution is 7.15. The number of β-amino-alcohol motifs (C(OH)–C–C–N with tert-alkyl or cyclic N) is 1. The molecular weight excluding hydrogens is 829 g/mol. The number of fused-ring (bicyclic) bond motifs is 4. The zero-order valence-corrected chi connectivity index (χ0v) is 37.9. The number of hydrogen-bond acceptors (Lipinski definition) is 10. The quantitative estimate of drug-likeness (QED) is 0.156. The van der Waals surface area contributed by atoms with Gasteiger partial charge in [0.2, 0.25) is 0 Å². The summed E-state index contributed by atoms with van der Waals surface area (Å²) in [6, 6.07) is 24.2. The Labute approximate surface area is 377 Å². The average molecular weight is 884 g/mol. The van der Waals surface area contributed by atoms with Crippen molar-refractivity contribution in [1.29, 1.82) is 0 Å². The lowest BCUT2D eigenvalue weighted by Crippen LogP contribution is -2.55. The molecule has 4 aromatic carbocycles. The number of aliphatic imine (C=N–C) groups is 1. The van der Waals surface area contributed by atoms with Gasteiger partial charge in [0.25, 0.3) is 0 Å². The van der Waals surface area contributed by atoms with Crippen LogP contribution in [-0.4, -0.2) is 94.1 Å². The van der Waals surface area contributed by atoms with Crippen molar-refractivity contribution in [3.8, 4) is 16.5 Å². The molecule has 13 heteroatoms. The monoisotopic (exact) mass is 883 g/mol. The summed E-state index contributed by atoms with van der Waals surface area (Å²) < 4.78 is 37.6. The van der Waals surface area contributed by atoms with E-state index < -0.39 is 17.2 Å². The Kier molecular flexibility index (Phi) is 11.1. The zero-order chi connectivity index (χ0) is 44.4. The van der Waals surface area contributed by atoms with E-state index in [9.17, 15) is 14.6 Å². The number of piperidine rings is 1. The molecule has 64 heavy (non-hydrogen) atoms. The maximum absolute atomic E-state index is 15.4. The summed E-state index contributed by atoms with van der Waals surface area (Å²) in [6.07, 6.45) is 2.71. The summed E-state index contributed by atoms with van der Waals surface area (Å²) in [7, 11) is 1.67. The van der Waals surface area contributed by atoms with Gasteiger partial charge in [0.05, 0.1) is 18.4 Å². The van der Waals surface area contributed by atoms with E-state index in [4.69, 9.17) is 9.73 Å². The standard InChI is InChI=1S/C51H55F2N7O3S/c1-30-32(3)64-50-46(30)48(54-31(2)49-56-55-33(4)60(49)50)34-6-10-37(11-7-34)58-20-18-51(62,19-21-58)29-57-22-24-59(25-23-57)38-12-16-43(45(28-38)63-5)47-40-17-13-39(61)26-35(40)8-14-42(47)41-15-9-36(52)27-44(41)53/h6-7,9-13,15-17,26-28,31,42,47,61-62H,8,14,18-25,29H2,1-5H3/t31-,42-,47-/m0/s1. The Bertz CT molecular complexity index is 2750. The third-order valence-corrected chi connectivity index (χ3v) is 15.5. The largest absolute Gasteiger partial charge is 0.508 e. The van der Waals surface area contributed by atoms with Crippen LogP contribution in [0.4, 0.5) is 20.2 Å². The van der Waals surface area contributed by atoms with Gasteiger partial charge in [-0.1, -0.05) is 30.3 Å². The summed E-state index contributed by atoms with van der Waals surface area (Å²) in [5.74, 6) is 1.02. The summed E-state index contributed by atoms with van der Waals surface area (Å²) in [5.41, 5.74) is 9.37. The van der Waals surface area contributed by atoms with Gasteiger partial charge in [0, 0.05) is 96.8 Å². The molecular formula is C51H55F2N7O3S. The number of aromatic hydroxyl groups is 1. The highest BCUT2D eigenvalue weighted by Crippen LogP contribution is 2.50. The van der Waals surface area contributed by atoms with Gasteiger partial charge in [-0.15, -0.1) is 21.5 Å². The lowest BCUT2D eigenvalue weighted by Gasteiger charge is -2.44. The fraction of sp³-hybridized carbons (Fsp3) is 0.392. The van der Waals surface area contributed by atoms with Gasteiger partial charge < -0.3 is 24.7 Å². The molecule has 0 bridgehead atoms. The number of aromatic nitrogens is 3. The number of ether oxygens (including phenoxy) is 1. The first-order valence-electron chi connectivity index (χ1n) is 22.5. The first kappa shape index (κ1) is 42.3. The highest BCUT2D eigenvalue weighted by Gasteiger charge is 2.38. The van der Waals surface area contributed by atoms with E-state index >= 15 is 4.39 Å². The van der Waals surface area contributed by atoms with E-state index in [2.05, 4.69) is 92.7 Å². The molecule has 4 aliphatic rings. The fourth-order valence-electron chi connectivity index (χ4n) is 10.7. The first-order chi connectivity index (χ1) is 30.9. The number of phenols is 1. The summed E-state index contributed by atoms with van der Waals surface area (Å²) in [4.78, 5) is 13.6. The van der Waals surface area contributed by atoms with Gasteiger partial charge in [-0.25, -0.2) is 8.78 Å². The van der Waals surface area contributed by atoms with Crippen LogP contribution in [0.15, 0.2) is 83.9 Å². The molecule has 0 amide bonds. The van der Waals surface area contributed by atoms with Crippen LogP contribution >= 0.6 is 11.3 Å². The van der Waals surface area contributed by atoms with Crippen LogP contribution in [0.3, 0.4) is 0 Å². The van der Waals surface area contributed by atoms with Gasteiger partial charge in [-0.3, -0.25) is 14.5 Å². The maximum Gasteiger partial charge on any atom is 0.162 e. The average Bonchev–Trinajstić information content (AvgIpc) is 3.78. The summed E-state index contributed by atoms with van der Waals surface area (Å²) >= 11 is 1.77. The second-order valence-corrected chi connectivity index (χ2v) is 19.4. The molecule has 2 aromatic heterocycles. The minimum atomic E-state index is -0.759. The van der Waals surface area contributed by atoms with E-state index in [0.717, 1.165) is 107 Å². The molecule has 3 aliphatic heterocycles. The van der Waals surface area contributed by atoms with Crippen LogP contribution in [0.25, 0.3) is 5.00 Å². The number of nitrogens with zero attached hydrogens (tertiary/aromatic N) is 7. The van der Waals surface area contributed by atoms with E-state index in [1.165, 1.54) is 16.5 Å². The predicted molar refractivity (Wildman–Crippen MR) is 249 cm³/mol. The van der Waals surface area contributed by atoms with Crippen LogP contribution in [0, 0.1) is 32.4 Å². The number of aliphatic hydroxyl groups is 1. The van der Waals surface area contributed by atoms with E-state index in [1.807, 2.05) is 13.0 Å². The SMILES string of the molecule is COc1cc(N2CCN(CC3(O)CCN(c4ccc(C5=N[C@@H](C)c6nnc(C)n6-c6sc(C)c(C)c65)cc4)CC3)CC2)ccc1[C@H]1c2ccc(O)cc2CC[C@H]1c1ccc(F)cc1F. The summed E-state index contributed by atoms with van der Waals surface area (Å²) in [5, 5.41) is 32.2. The molecule has 332 valence electrons. The topological polar surface area (TPSA) is 102 Å². The number of piperazine rings is 1. The Morgan fingerprint density at radius 3 is 2.25 bits per heavy atom.